The Kier molecular flexibility index (Phi) is 4.32. The first-order valence-corrected chi connectivity index (χ1v) is 7.06. The van der Waals surface area contributed by atoms with Crippen molar-refractivity contribution in [2.24, 2.45) is 0 Å². The molecule has 0 radical (unpaired) electrons. The molecule has 1 nitrogen and oxygen atoms in total. The minimum atomic E-state index is -4.35. The Morgan fingerprint density at radius 2 is 1.95 bits per heavy atom. The summed E-state index contributed by atoms with van der Waals surface area (Å²) in [7, 11) is 0. The Morgan fingerprint density at radius 1 is 1.21 bits per heavy atom. The van der Waals surface area contributed by atoms with Crippen molar-refractivity contribution >= 4 is 27.3 Å². The van der Waals surface area contributed by atoms with E-state index in [0.717, 1.165) is 20.8 Å². The molecular weight excluding hydrogens is 341 g/mol. The first-order valence-electron chi connectivity index (χ1n) is 5.45. The van der Waals surface area contributed by atoms with Gasteiger partial charge in [0, 0.05) is 11.3 Å². The standard InChI is InChI=1S/C13H10BrF3OS/c14-12-5-4-11(19-12)10(18)7-8-2-1-3-9(6-8)13(15,16)17/h1-6,10,18H,7H2. The highest BCUT2D eigenvalue weighted by Gasteiger charge is 2.30. The molecule has 19 heavy (non-hydrogen) atoms. The highest BCUT2D eigenvalue weighted by molar-refractivity contribution is 9.11. The summed E-state index contributed by atoms with van der Waals surface area (Å²) < 4.78 is 38.6. The minimum absolute atomic E-state index is 0.164. The van der Waals surface area contributed by atoms with Gasteiger partial charge in [0.2, 0.25) is 0 Å². The predicted molar refractivity (Wildman–Crippen MR) is 72.1 cm³/mol. The summed E-state index contributed by atoms with van der Waals surface area (Å²) in [6, 6.07) is 8.60. The summed E-state index contributed by atoms with van der Waals surface area (Å²) in [5.41, 5.74) is -0.226. The number of hydrogen-bond donors (Lipinski definition) is 1. The number of aliphatic hydroxyl groups excluding tert-OH is 1. The molecule has 102 valence electrons. The molecule has 0 aliphatic rings. The van der Waals surface area contributed by atoms with Gasteiger partial charge in [0.1, 0.15) is 0 Å². The van der Waals surface area contributed by atoms with Gasteiger partial charge in [-0.2, -0.15) is 13.2 Å². The molecule has 0 fully saturated rings. The Bertz CT molecular complexity index is 565. The van der Waals surface area contributed by atoms with Crippen molar-refractivity contribution < 1.29 is 18.3 Å². The van der Waals surface area contributed by atoms with Crippen molar-refractivity contribution in [2.75, 3.05) is 0 Å². The summed E-state index contributed by atoms with van der Waals surface area (Å²) in [4.78, 5) is 0.726. The first kappa shape index (κ1) is 14.6. The number of benzene rings is 1. The van der Waals surface area contributed by atoms with Crippen LogP contribution in [0.3, 0.4) is 0 Å². The Balaban J connectivity index is 2.15. The molecule has 2 aromatic rings. The average Bonchev–Trinajstić information content (AvgIpc) is 2.75. The molecule has 0 spiro atoms. The van der Waals surface area contributed by atoms with Gasteiger partial charge in [-0.15, -0.1) is 11.3 Å². The topological polar surface area (TPSA) is 20.2 Å². The summed E-state index contributed by atoms with van der Waals surface area (Å²) in [5, 5.41) is 9.99. The van der Waals surface area contributed by atoms with Crippen LogP contribution in [0.2, 0.25) is 0 Å². The molecule has 0 amide bonds. The van der Waals surface area contributed by atoms with Gasteiger partial charge >= 0.3 is 6.18 Å². The smallest absolute Gasteiger partial charge is 0.387 e. The van der Waals surface area contributed by atoms with E-state index in [1.165, 1.54) is 17.4 Å². The Labute approximate surface area is 120 Å². The quantitative estimate of drug-likeness (QED) is 0.842. The van der Waals surface area contributed by atoms with Crippen LogP contribution < -0.4 is 0 Å². The maximum Gasteiger partial charge on any atom is 0.416 e. The van der Waals surface area contributed by atoms with Crippen LogP contribution in [0.15, 0.2) is 40.2 Å². The van der Waals surface area contributed by atoms with Crippen molar-refractivity contribution in [3.05, 3.63) is 56.2 Å². The van der Waals surface area contributed by atoms with E-state index in [-0.39, 0.29) is 6.42 Å². The van der Waals surface area contributed by atoms with E-state index in [1.54, 1.807) is 18.2 Å². The van der Waals surface area contributed by atoms with Crippen molar-refractivity contribution in [3.8, 4) is 0 Å². The van der Waals surface area contributed by atoms with Gasteiger partial charge in [-0.1, -0.05) is 18.2 Å². The number of rotatable bonds is 3. The second-order valence-corrected chi connectivity index (χ2v) is 6.55. The minimum Gasteiger partial charge on any atom is -0.387 e. The van der Waals surface area contributed by atoms with Crippen LogP contribution in [0.5, 0.6) is 0 Å². The van der Waals surface area contributed by atoms with E-state index < -0.39 is 17.8 Å². The van der Waals surface area contributed by atoms with Crippen molar-refractivity contribution in [1.82, 2.24) is 0 Å². The molecule has 6 heteroatoms. The fraction of sp³-hybridized carbons (Fsp3) is 0.231. The van der Waals surface area contributed by atoms with Crippen LogP contribution in [0.1, 0.15) is 22.1 Å². The number of halogens is 4. The molecule has 0 saturated carbocycles. The summed E-state index contributed by atoms with van der Waals surface area (Å²) in [5.74, 6) is 0. The number of aliphatic hydroxyl groups is 1. The van der Waals surface area contributed by atoms with Gasteiger partial charge in [-0.05, 0) is 39.7 Å². The summed E-state index contributed by atoms with van der Waals surface area (Å²) in [6.07, 6.45) is -4.98. The molecule has 0 saturated heterocycles. The molecular formula is C13H10BrF3OS. The van der Waals surface area contributed by atoms with Crippen LogP contribution in [0.25, 0.3) is 0 Å². The lowest BCUT2D eigenvalue weighted by atomic mass is 10.0. The van der Waals surface area contributed by atoms with E-state index in [9.17, 15) is 18.3 Å². The zero-order valence-electron chi connectivity index (χ0n) is 9.62. The molecule has 1 heterocycles. The molecule has 2 rings (SSSR count). The fourth-order valence-electron chi connectivity index (χ4n) is 1.71. The van der Waals surface area contributed by atoms with Crippen LogP contribution in [-0.4, -0.2) is 5.11 Å². The molecule has 1 N–H and O–H groups in total. The lowest BCUT2D eigenvalue weighted by Crippen LogP contribution is -2.06. The zero-order valence-corrected chi connectivity index (χ0v) is 12.0. The van der Waals surface area contributed by atoms with Crippen LogP contribution in [0.4, 0.5) is 13.2 Å². The second-order valence-electron chi connectivity index (χ2n) is 4.06. The van der Waals surface area contributed by atoms with Crippen LogP contribution in [-0.2, 0) is 12.6 Å². The van der Waals surface area contributed by atoms with Gasteiger partial charge in [-0.25, -0.2) is 0 Å². The molecule has 1 aromatic heterocycles. The third-order valence-electron chi connectivity index (χ3n) is 2.61. The molecule has 1 atom stereocenters. The van der Waals surface area contributed by atoms with E-state index in [1.807, 2.05) is 0 Å². The van der Waals surface area contributed by atoms with Crippen molar-refractivity contribution in [1.29, 1.82) is 0 Å². The third kappa shape index (κ3) is 3.81. The second kappa shape index (κ2) is 5.64. The first-order chi connectivity index (χ1) is 8.86. The van der Waals surface area contributed by atoms with Gasteiger partial charge < -0.3 is 5.11 Å². The Morgan fingerprint density at radius 3 is 2.53 bits per heavy atom. The maximum atomic E-state index is 12.6. The Hall–Kier alpha value is -0.850. The summed E-state index contributed by atoms with van der Waals surface area (Å²) in [6.45, 7) is 0. The highest BCUT2D eigenvalue weighted by atomic mass is 79.9. The molecule has 1 unspecified atom stereocenters. The van der Waals surface area contributed by atoms with Crippen LogP contribution >= 0.6 is 27.3 Å². The molecule has 1 aromatic carbocycles. The molecule has 0 aliphatic carbocycles. The van der Waals surface area contributed by atoms with Gasteiger partial charge in [0.15, 0.2) is 0 Å². The maximum absolute atomic E-state index is 12.6. The molecule has 0 aliphatic heterocycles. The largest absolute Gasteiger partial charge is 0.416 e. The monoisotopic (exact) mass is 350 g/mol. The normalized spacial score (nSPS) is 13.5. The summed E-state index contributed by atoms with van der Waals surface area (Å²) >= 11 is 4.65. The van der Waals surface area contributed by atoms with E-state index >= 15 is 0 Å². The van der Waals surface area contributed by atoms with E-state index in [2.05, 4.69) is 15.9 Å². The number of thiophene rings is 1. The van der Waals surface area contributed by atoms with Crippen molar-refractivity contribution in [3.63, 3.8) is 0 Å². The van der Waals surface area contributed by atoms with Gasteiger partial charge in [0.05, 0.1) is 15.5 Å². The van der Waals surface area contributed by atoms with E-state index in [0.29, 0.717) is 5.56 Å². The third-order valence-corrected chi connectivity index (χ3v) is 4.33. The van der Waals surface area contributed by atoms with Gasteiger partial charge in [-0.3, -0.25) is 0 Å². The average molecular weight is 351 g/mol. The number of hydrogen-bond acceptors (Lipinski definition) is 2. The van der Waals surface area contributed by atoms with Crippen LogP contribution in [0, 0.1) is 0 Å². The zero-order chi connectivity index (χ0) is 14.0. The lowest BCUT2D eigenvalue weighted by molar-refractivity contribution is -0.137. The lowest BCUT2D eigenvalue weighted by Gasteiger charge is -2.11. The fourth-order valence-corrected chi connectivity index (χ4v) is 3.12. The highest BCUT2D eigenvalue weighted by Crippen LogP contribution is 2.32. The van der Waals surface area contributed by atoms with Gasteiger partial charge in [0.25, 0.3) is 0 Å². The SMILES string of the molecule is OC(Cc1cccc(C(F)(F)F)c1)c1ccc(Br)s1. The molecule has 0 bridgehead atoms. The van der Waals surface area contributed by atoms with E-state index in [4.69, 9.17) is 0 Å². The number of alkyl halides is 3. The van der Waals surface area contributed by atoms with Crippen molar-refractivity contribution in [2.45, 2.75) is 18.7 Å². The predicted octanol–water partition coefficient (Wildman–Crippen LogP) is 4.81.